The molecule has 1 aromatic rings. The molecule has 0 amide bonds. The fraction of sp³-hybridized carbons (Fsp3) is 0.692. The quantitative estimate of drug-likeness (QED) is 0.710. The topological polar surface area (TPSA) is 56.3 Å². The van der Waals surface area contributed by atoms with Crippen LogP contribution in [-0.2, 0) is 10.9 Å². The Kier molecular flexibility index (Phi) is 7.21. The third-order valence-corrected chi connectivity index (χ3v) is 2.43. The molecule has 0 saturated carbocycles. The summed E-state index contributed by atoms with van der Waals surface area (Å²) in [5.74, 6) is -1.25. The molecule has 0 aliphatic rings. The summed E-state index contributed by atoms with van der Waals surface area (Å²) < 4.78 is 48.5. The Bertz CT molecular complexity index is 428. The summed E-state index contributed by atoms with van der Waals surface area (Å²) in [6.07, 6.45) is -2.65. The van der Waals surface area contributed by atoms with Gasteiger partial charge in [0.1, 0.15) is 12.4 Å². The van der Waals surface area contributed by atoms with Gasteiger partial charge in [0, 0.05) is 19.2 Å². The highest BCUT2D eigenvalue weighted by Crippen LogP contribution is 2.28. The maximum atomic E-state index is 12.7. The van der Waals surface area contributed by atoms with Crippen molar-refractivity contribution in [1.82, 2.24) is 9.97 Å². The predicted octanol–water partition coefficient (Wildman–Crippen LogP) is 3.12. The summed E-state index contributed by atoms with van der Waals surface area (Å²) in [4.78, 5) is 6.77. The number of alkyl halides is 3. The van der Waals surface area contributed by atoms with Crippen LogP contribution in [0.25, 0.3) is 0 Å². The molecule has 0 spiro atoms. The number of ether oxygens (including phenoxy) is 2. The predicted molar refractivity (Wildman–Crippen MR) is 72.4 cm³/mol. The van der Waals surface area contributed by atoms with Crippen LogP contribution in [-0.4, -0.2) is 36.3 Å². The van der Waals surface area contributed by atoms with Gasteiger partial charge in [-0.25, -0.2) is 4.98 Å². The first-order chi connectivity index (χ1) is 9.97. The van der Waals surface area contributed by atoms with Crippen LogP contribution in [0.15, 0.2) is 6.07 Å². The van der Waals surface area contributed by atoms with Crippen molar-refractivity contribution in [3.05, 3.63) is 11.9 Å². The molecule has 1 heterocycles. The highest BCUT2D eigenvalue weighted by atomic mass is 19.4. The van der Waals surface area contributed by atoms with Gasteiger partial charge in [-0.15, -0.1) is 0 Å². The highest BCUT2D eigenvalue weighted by Gasteiger charge is 2.35. The van der Waals surface area contributed by atoms with E-state index < -0.39 is 12.0 Å². The lowest BCUT2D eigenvalue weighted by Crippen LogP contribution is -2.15. The zero-order valence-corrected chi connectivity index (χ0v) is 12.2. The molecular formula is C13H20F3N3O2. The van der Waals surface area contributed by atoms with E-state index in [0.717, 1.165) is 12.8 Å². The Morgan fingerprint density at radius 1 is 1.14 bits per heavy atom. The normalized spacial score (nSPS) is 11.5. The zero-order chi connectivity index (χ0) is 15.7. The number of halogens is 3. The monoisotopic (exact) mass is 307 g/mol. The molecule has 8 heteroatoms. The largest absolute Gasteiger partial charge is 0.475 e. The Hall–Kier alpha value is -1.57. The van der Waals surface area contributed by atoms with E-state index in [9.17, 15) is 13.2 Å². The van der Waals surface area contributed by atoms with Crippen molar-refractivity contribution >= 4 is 5.82 Å². The van der Waals surface area contributed by atoms with Gasteiger partial charge in [0.25, 0.3) is 0 Å². The molecule has 0 atom stereocenters. The molecule has 21 heavy (non-hydrogen) atoms. The lowest BCUT2D eigenvalue weighted by Gasteiger charge is -2.11. The molecule has 120 valence electrons. The molecule has 0 aliphatic heterocycles. The first kappa shape index (κ1) is 17.5. The van der Waals surface area contributed by atoms with E-state index in [1.54, 1.807) is 6.92 Å². The minimum atomic E-state index is -4.61. The SMILES string of the molecule is CCCCOCCOc1cc(NCC)nc(C(F)(F)F)n1. The van der Waals surface area contributed by atoms with Crippen LogP contribution in [0.5, 0.6) is 5.88 Å². The molecule has 0 bridgehead atoms. The van der Waals surface area contributed by atoms with Gasteiger partial charge in [0.05, 0.1) is 6.61 Å². The summed E-state index contributed by atoms with van der Waals surface area (Å²) >= 11 is 0. The smallest absolute Gasteiger partial charge is 0.451 e. The van der Waals surface area contributed by atoms with E-state index in [-0.39, 0.29) is 18.3 Å². The number of aromatic nitrogens is 2. The third-order valence-electron chi connectivity index (χ3n) is 2.43. The number of anilines is 1. The molecule has 1 N–H and O–H groups in total. The first-order valence-corrected chi connectivity index (χ1v) is 6.88. The van der Waals surface area contributed by atoms with Crippen molar-refractivity contribution in [1.29, 1.82) is 0 Å². The second-order valence-electron chi connectivity index (χ2n) is 4.26. The van der Waals surface area contributed by atoms with Crippen LogP contribution >= 0.6 is 0 Å². The Morgan fingerprint density at radius 3 is 2.52 bits per heavy atom. The number of hydrogen-bond donors (Lipinski definition) is 1. The van der Waals surface area contributed by atoms with Gasteiger partial charge >= 0.3 is 6.18 Å². The lowest BCUT2D eigenvalue weighted by atomic mass is 10.4. The standard InChI is InChI=1S/C13H20F3N3O2/c1-3-5-6-20-7-8-21-11-9-10(17-4-2)18-12(19-11)13(14,15)16/h9H,3-8H2,1-2H3,(H,17,18,19). The number of nitrogens with one attached hydrogen (secondary N) is 1. The van der Waals surface area contributed by atoms with E-state index in [0.29, 0.717) is 19.8 Å². The Labute approximate surface area is 121 Å². The summed E-state index contributed by atoms with van der Waals surface area (Å²) in [6.45, 7) is 5.32. The van der Waals surface area contributed by atoms with Crippen LogP contribution in [0.1, 0.15) is 32.5 Å². The van der Waals surface area contributed by atoms with Crippen LogP contribution in [0, 0.1) is 0 Å². The van der Waals surface area contributed by atoms with Crippen molar-refractivity contribution in [2.24, 2.45) is 0 Å². The van der Waals surface area contributed by atoms with Crippen molar-refractivity contribution in [2.75, 3.05) is 31.7 Å². The van der Waals surface area contributed by atoms with Crippen molar-refractivity contribution in [3.8, 4) is 5.88 Å². The van der Waals surface area contributed by atoms with E-state index in [4.69, 9.17) is 9.47 Å². The minimum absolute atomic E-state index is 0.0849. The van der Waals surface area contributed by atoms with E-state index in [1.807, 2.05) is 6.92 Å². The summed E-state index contributed by atoms with van der Waals surface area (Å²) in [5.41, 5.74) is 0. The number of nitrogens with zero attached hydrogens (tertiary/aromatic N) is 2. The highest BCUT2D eigenvalue weighted by molar-refractivity contribution is 5.38. The van der Waals surface area contributed by atoms with Gasteiger partial charge in [-0.3, -0.25) is 0 Å². The van der Waals surface area contributed by atoms with Gasteiger partial charge in [-0.2, -0.15) is 18.2 Å². The molecule has 0 aromatic carbocycles. The van der Waals surface area contributed by atoms with Gasteiger partial charge in [-0.05, 0) is 13.3 Å². The van der Waals surface area contributed by atoms with Gasteiger partial charge < -0.3 is 14.8 Å². The minimum Gasteiger partial charge on any atom is -0.475 e. The molecule has 0 fully saturated rings. The molecule has 0 radical (unpaired) electrons. The fourth-order valence-electron chi connectivity index (χ4n) is 1.45. The average molecular weight is 307 g/mol. The number of hydrogen-bond acceptors (Lipinski definition) is 5. The van der Waals surface area contributed by atoms with Crippen molar-refractivity contribution in [3.63, 3.8) is 0 Å². The average Bonchev–Trinajstić information content (AvgIpc) is 2.42. The Balaban J connectivity index is 2.61. The van der Waals surface area contributed by atoms with E-state index in [2.05, 4.69) is 15.3 Å². The molecule has 0 unspecified atom stereocenters. The molecular weight excluding hydrogens is 287 g/mol. The van der Waals surface area contributed by atoms with Gasteiger partial charge in [0.15, 0.2) is 0 Å². The maximum Gasteiger partial charge on any atom is 0.451 e. The molecule has 1 rings (SSSR count). The summed E-state index contributed by atoms with van der Waals surface area (Å²) in [5, 5.41) is 2.72. The molecule has 1 aromatic heterocycles. The zero-order valence-electron chi connectivity index (χ0n) is 12.2. The van der Waals surface area contributed by atoms with E-state index in [1.165, 1.54) is 6.07 Å². The van der Waals surface area contributed by atoms with Crippen molar-refractivity contribution in [2.45, 2.75) is 32.9 Å². The van der Waals surface area contributed by atoms with Gasteiger partial charge in [0.2, 0.25) is 11.7 Å². The number of rotatable bonds is 9. The third kappa shape index (κ3) is 6.61. The Morgan fingerprint density at radius 2 is 1.90 bits per heavy atom. The van der Waals surface area contributed by atoms with E-state index >= 15 is 0 Å². The summed E-state index contributed by atoms with van der Waals surface area (Å²) in [6, 6.07) is 1.34. The summed E-state index contributed by atoms with van der Waals surface area (Å²) in [7, 11) is 0. The maximum absolute atomic E-state index is 12.7. The van der Waals surface area contributed by atoms with Crippen LogP contribution < -0.4 is 10.1 Å². The number of unbranched alkanes of at least 4 members (excludes halogenated alkanes) is 1. The second kappa shape index (κ2) is 8.66. The molecule has 5 nitrogen and oxygen atoms in total. The van der Waals surface area contributed by atoms with Crippen molar-refractivity contribution < 1.29 is 22.6 Å². The molecule has 0 saturated heterocycles. The van der Waals surface area contributed by atoms with Crippen LogP contribution in [0.2, 0.25) is 0 Å². The lowest BCUT2D eigenvalue weighted by molar-refractivity contribution is -0.145. The fourth-order valence-corrected chi connectivity index (χ4v) is 1.45. The van der Waals surface area contributed by atoms with Crippen LogP contribution in [0.4, 0.5) is 19.0 Å². The first-order valence-electron chi connectivity index (χ1n) is 6.88. The second-order valence-corrected chi connectivity index (χ2v) is 4.26. The molecule has 0 aliphatic carbocycles. The van der Waals surface area contributed by atoms with Gasteiger partial charge in [-0.1, -0.05) is 13.3 Å². The van der Waals surface area contributed by atoms with Crippen LogP contribution in [0.3, 0.4) is 0 Å².